The average Bonchev–Trinajstić information content (AvgIpc) is 2.57. The van der Waals surface area contributed by atoms with Gasteiger partial charge in [-0.05, 0) is 31.9 Å². The molecule has 0 aliphatic heterocycles. The molecule has 1 aromatic rings. The summed E-state index contributed by atoms with van der Waals surface area (Å²) in [7, 11) is -4.02. The van der Waals surface area contributed by atoms with Gasteiger partial charge in [0.15, 0.2) is 5.78 Å². The molecule has 0 saturated carbocycles. The first-order valence-corrected chi connectivity index (χ1v) is 11.5. The summed E-state index contributed by atoms with van der Waals surface area (Å²) < 4.78 is 29.2. The Morgan fingerprint density at radius 2 is 1.41 bits per heavy atom. The molecule has 27 heavy (non-hydrogen) atoms. The van der Waals surface area contributed by atoms with Crippen LogP contribution in [0.15, 0.2) is 29.2 Å². The number of unbranched alkanes of at least 4 members (excludes halogenated alkanes) is 2. The topological polar surface area (TPSA) is 71.4 Å². The minimum atomic E-state index is -4.02. The summed E-state index contributed by atoms with van der Waals surface area (Å²) in [4.78, 5) is 12.4. The standard InChI is InChI=1S/C14H28OS.C7H8O3S/c1-6-8-10-14(16,11-9-7-2)12(15)13(3,4)5;1-6-2-4-7(5-3-6)11(8,9)10/h16H,6-11H2,1-5H3;2-5H,1H3,(H,8,9,10). The van der Waals surface area contributed by atoms with E-state index in [1.807, 2.05) is 27.7 Å². The van der Waals surface area contributed by atoms with Crippen LogP contribution in [0.25, 0.3) is 0 Å². The number of hydrogen-bond acceptors (Lipinski definition) is 4. The largest absolute Gasteiger partial charge is 0.298 e. The number of carbonyl (C=O) groups is 1. The molecule has 0 fully saturated rings. The van der Waals surface area contributed by atoms with Crippen LogP contribution in [0.5, 0.6) is 0 Å². The normalized spacial score (nSPS) is 12.3. The Balaban J connectivity index is 0.000000533. The molecule has 0 atom stereocenters. The van der Waals surface area contributed by atoms with Crippen LogP contribution < -0.4 is 0 Å². The lowest BCUT2D eigenvalue weighted by Crippen LogP contribution is -2.41. The van der Waals surface area contributed by atoms with E-state index in [1.54, 1.807) is 12.1 Å². The molecule has 1 aromatic carbocycles. The van der Waals surface area contributed by atoms with Gasteiger partial charge in [0.1, 0.15) is 0 Å². The monoisotopic (exact) mass is 416 g/mol. The summed E-state index contributed by atoms with van der Waals surface area (Å²) in [6.45, 7) is 12.2. The van der Waals surface area contributed by atoms with Crippen molar-refractivity contribution in [1.29, 1.82) is 0 Å². The van der Waals surface area contributed by atoms with Crippen LogP contribution in [-0.2, 0) is 14.9 Å². The molecule has 0 radical (unpaired) electrons. The number of carbonyl (C=O) groups excluding carboxylic acids is 1. The van der Waals surface area contributed by atoms with Gasteiger partial charge in [0.05, 0.1) is 9.64 Å². The Hall–Kier alpha value is -0.850. The first-order valence-electron chi connectivity index (χ1n) is 9.59. The molecule has 0 spiro atoms. The first kappa shape index (κ1) is 26.1. The van der Waals surface area contributed by atoms with Gasteiger partial charge < -0.3 is 0 Å². The van der Waals surface area contributed by atoms with Crippen LogP contribution in [0.4, 0.5) is 0 Å². The fraction of sp³-hybridized carbons (Fsp3) is 0.667. The zero-order chi connectivity index (χ0) is 21.3. The highest BCUT2D eigenvalue weighted by Gasteiger charge is 2.39. The Kier molecular flexibility index (Phi) is 10.9. The molecule has 0 heterocycles. The molecule has 4 nitrogen and oxygen atoms in total. The van der Waals surface area contributed by atoms with E-state index in [9.17, 15) is 13.2 Å². The van der Waals surface area contributed by atoms with Gasteiger partial charge in [-0.3, -0.25) is 9.35 Å². The second-order valence-corrected chi connectivity index (χ2v) is 10.4. The van der Waals surface area contributed by atoms with Crippen molar-refractivity contribution in [2.45, 2.75) is 89.7 Å². The van der Waals surface area contributed by atoms with Crippen molar-refractivity contribution in [3.63, 3.8) is 0 Å². The van der Waals surface area contributed by atoms with Crippen molar-refractivity contribution >= 4 is 28.5 Å². The molecule has 0 bridgehead atoms. The molecule has 6 heteroatoms. The van der Waals surface area contributed by atoms with Gasteiger partial charge >= 0.3 is 0 Å². The van der Waals surface area contributed by atoms with E-state index < -0.39 is 14.9 Å². The third-order valence-corrected chi connectivity index (χ3v) is 5.83. The van der Waals surface area contributed by atoms with E-state index in [-0.39, 0.29) is 10.3 Å². The molecule has 0 unspecified atom stereocenters. The summed E-state index contributed by atoms with van der Waals surface area (Å²) in [6.07, 6.45) is 6.28. The van der Waals surface area contributed by atoms with Gasteiger partial charge in [0.25, 0.3) is 10.1 Å². The summed E-state index contributed by atoms with van der Waals surface area (Å²) in [5.41, 5.74) is 0.681. The van der Waals surface area contributed by atoms with Crippen LogP contribution in [0.3, 0.4) is 0 Å². The zero-order valence-electron chi connectivity index (χ0n) is 17.6. The average molecular weight is 417 g/mol. The van der Waals surface area contributed by atoms with E-state index >= 15 is 0 Å². The maximum Gasteiger partial charge on any atom is 0.294 e. The maximum atomic E-state index is 12.4. The van der Waals surface area contributed by atoms with E-state index in [2.05, 4.69) is 13.8 Å². The lowest BCUT2D eigenvalue weighted by atomic mass is 9.78. The van der Waals surface area contributed by atoms with Crippen molar-refractivity contribution in [3.8, 4) is 0 Å². The molecular formula is C21H36O4S2. The van der Waals surface area contributed by atoms with Gasteiger partial charge in [-0.15, -0.1) is 0 Å². The molecule has 0 aliphatic carbocycles. The van der Waals surface area contributed by atoms with Crippen molar-refractivity contribution < 1.29 is 17.8 Å². The highest BCUT2D eigenvalue weighted by molar-refractivity contribution is 7.85. The number of benzene rings is 1. The molecule has 0 amide bonds. The highest BCUT2D eigenvalue weighted by Crippen LogP contribution is 2.36. The van der Waals surface area contributed by atoms with Crippen molar-refractivity contribution in [1.82, 2.24) is 0 Å². The van der Waals surface area contributed by atoms with Crippen LogP contribution in [-0.4, -0.2) is 23.5 Å². The van der Waals surface area contributed by atoms with Gasteiger partial charge in [0.2, 0.25) is 0 Å². The number of aryl methyl sites for hydroxylation is 1. The van der Waals surface area contributed by atoms with Crippen LogP contribution >= 0.6 is 12.6 Å². The lowest BCUT2D eigenvalue weighted by molar-refractivity contribution is -0.129. The van der Waals surface area contributed by atoms with Crippen LogP contribution in [0.2, 0.25) is 0 Å². The maximum absolute atomic E-state index is 12.4. The van der Waals surface area contributed by atoms with Crippen LogP contribution in [0, 0.1) is 12.3 Å². The molecular weight excluding hydrogens is 380 g/mol. The van der Waals surface area contributed by atoms with Gasteiger partial charge in [0, 0.05) is 5.41 Å². The molecule has 0 aliphatic rings. The Morgan fingerprint density at radius 1 is 1.00 bits per heavy atom. The van der Waals surface area contributed by atoms with Gasteiger partial charge in [-0.1, -0.05) is 78.0 Å². The predicted molar refractivity (Wildman–Crippen MR) is 116 cm³/mol. The minimum absolute atomic E-state index is 0.0666. The summed E-state index contributed by atoms with van der Waals surface area (Å²) in [5.74, 6) is 0.310. The summed E-state index contributed by atoms with van der Waals surface area (Å²) in [5, 5.41) is 0. The molecule has 0 aromatic heterocycles. The Morgan fingerprint density at radius 3 is 1.70 bits per heavy atom. The fourth-order valence-electron chi connectivity index (χ4n) is 2.70. The summed E-state index contributed by atoms with van der Waals surface area (Å²) >= 11 is 4.73. The second kappa shape index (κ2) is 11.2. The molecule has 156 valence electrons. The second-order valence-electron chi connectivity index (χ2n) is 8.11. The van der Waals surface area contributed by atoms with E-state index in [4.69, 9.17) is 17.2 Å². The van der Waals surface area contributed by atoms with Crippen molar-refractivity contribution in [3.05, 3.63) is 29.8 Å². The Labute approximate surface area is 171 Å². The van der Waals surface area contributed by atoms with E-state index in [0.29, 0.717) is 5.78 Å². The number of hydrogen-bond donors (Lipinski definition) is 2. The van der Waals surface area contributed by atoms with E-state index in [1.165, 1.54) is 12.1 Å². The van der Waals surface area contributed by atoms with Crippen LogP contribution in [0.1, 0.15) is 78.7 Å². The highest BCUT2D eigenvalue weighted by atomic mass is 32.2. The van der Waals surface area contributed by atoms with Gasteiger partial charge in [-0.25, -0.2) is 0 Å². The van der Waals surface area contributed by atoms with Gasteiger partial charge in [-0.2, -0.15) is 21.0 Å². The molecule has 1 rings (SSSR count). The zero-order valence-corrected chi connectivity index (χ0v) is 19.3. The smallest absolute Gasteiger partial charge is 0.294 e. The third-order valence-electron chi connectivity index (χ3n) is 4.31. The number of ketones is 1. The van der Waals surface area contributed by atoms with E-state index in [0.717, 1.165) is 44.1 Å². The number of rotatable bonds is 8. The third kappa shape index (κ3) is 9.77. The van der Waals surface area contributed by atoms with Crippen molar-refractivity contribution in [2.24, 2.45) is 5.41 Å². The predicted octanol–water partition coefficient (Wildman–Crippen LogP) is 5.89. The first-order chi connectivity index (χ1) is 12.3. The minimum Gasteiger partial charge on any atom is -0.298 e. The number of Topliss-reactive ketones (excluding diaryl/α,β-unsaturated/α-hetero) is 1. The summed E-state index contributed by atoms with van der Waals surface area (Å²) in [6, 6.07) is 5.99. The lowest BCUT2D eigenvalue weighted by Gasteiger charge is -2.33. The quantitative estimate of drug-likeness (QED) is 0.409. The molecule has 1 N–H and O–H groups in total. The molecule has 0 saturated heterocycles. The van der Waals surface area contributed by atoms with Crippen molar-refractivity contribution in [2.75, 3.05) is 0 Å². The Bertz CT molecular complexity index is 663. The SMILES string of the molecule is CCCCC(S)(CCCC)C(=O)C(C)(C)C.Cc1ccc(S(=O)(=O)O)cc1. The fourth-order valence-corrected chi connectivity index (χ4v) is 3.83. The number of thiol groups is 1.